The van der Waals surface area contributed by atoms with E-state index in [-0.39, 0.29) is 0 Å². The lowest BCUT2D eigenvalue weighted by Gasteiger charge is -2.16. The molecule has 1 heteroatoms. The summed E-state index contributed by atoms with van der Waals surface area (Å²) in [5, 5.41) is 7.42. The molecule has 0 aliphatic heterocycles. The van der Waals surface area contributed by atoms with Crippen LogP contribution in [0.25, 0.3) is 88.1 Å². The van der Waals surface area contributed by atoms with Crippen molar-refractivity contribution in [3.63, 3.8) is 0 Å². The SMILES string of the molecule is CCC.CCC.CCCc1ccc(-c2cccc(-c3cc(-c4cccc5ccccc45)cc(-c4cccc5ccccc45)c3)c2)cc1-c1nccc2ccccc12. The van der Waals surface area contributed by atoms with Crippen molar-refractivity contribution in [2.24, 2.45) is 0 Å². The third-order valence-corrected chi connectivity index (χ3v) is 10.2. The highest BCUT2D eigenvalue weighted by molar-refractivity contribution is 6.02. The molecule has 0 fully saturated rings. The Hall–Kier alpha value is -6.31. The Balaban J connectivity index is 0.000000780. The summed E-state index contributed by atoms with van der Waals surface area (Å²) >= 11 is 0. The number of rotatable bonds is 7. The van der Waals surface area contributed by atoms with Crippen LogP contribution in [0.4, 0.5) is 0 Å². The number of aromatic nitrogens is 1. The van der Waals surface area contributed by atoms with Crippen molar-refractivity contribution >= 4 is 32.3 Å². The third-order valence-electron chi connectivity index (χ3n) is 10.2. The van der Waals surface area contributed by atoms with Crippen LogP contribution in [0, 0.1) is 0 Å². The second-order valence-electron chi connectivity index (χ2n) is 14.9. The predicted molar refractivity (Wildman–Crippen MR) is 250 cm³/mol. The van der Waals surface area contributed by atoms with Gasteiger partial charge in [0, 0.05) is 17.1 Å². The number of pyridine rings is 1. The van der Waals surface area contributed by atoms with Gasteiger partial charge in [0.05, 0.1) is 5.69 Å². The van der Waals surface area contributed by atoms with Crippen molar-refractivity contribution in [1.29, 1.82) is 0 Å². The van der Waals surface area contributed by atoms with Gasteiger partial charge in [-0.25, -0.2) is 0 Å². The van der Waals surface area contributed by atoms with Crippen LogP contribution in [0.1, 0.15) is 59.4 Å². The zero-order chi connectivity index (χ0) is 39.6. The molecule has 0 spiro atoms. The summed E-state index contributed by atoms with van der Waals surface area (Å²) < 4.78 is 0. The summed E-state index contributed by atoms with van der Waals surface area (Å²) in [5.41, 5.74) is 13.3. The molecule has 1 nitrogen and oxygen atoms in total. The quantitative estimate of drug-likeness (QED) is 0.159. The molecule has 0 amide bonds. The van der Waals surface area contributed by atoms with E-state index in [1.54, 1.807) is 0 Å². The van der Waals surface area contributed by atoms with Crippen molar-refractivity contribution in [2.45, 2.75) is 60.3 Å². The standard InChI is InChI=1S/C50H37N.2C3H8/c1-2-12-34-25-26-40(33-49(34)50-48-22-8-5-15-37(48)27-28-51-50)38-18-9-19-39(29-38)41-30-42(46-23-10-16-35-13-3-6-20-44(35)46)32-43(31-41)47-24-11-17-36-14-4-7-21-45(36)47;2*1-3-2/h3-11,13-33H,2,12H2,1H3;2*3H2,1-2H3. The Kier molecular flexibility index (Phi) is 12.7. The first kappa shape index (κ1) is 38.9. The Morgan fingerprint density at radius 3 is 1.37 bits per heavy atom. The zero-order valence-electron chi connectivity index (χ0n) is 34.1. The molecule has 9 rings (SSSR count). The average Bonchev–Trinajstić information content (AvgIpc) is 3.26. The lowest BCUT2D eigenvalue weighted by Crippen LogP contribution is -1.94. The molecule has 0 aliphatic carbocycles. The fraction of sp³-hybridized carbons (Fsp3) is 0.161. The van der Waals surface area contributed by atoms with Gasteiger partial charge in [0.1, 0.15) is 0 Å². The zero-order valence-corrected chi connectivity index (χ0v) is 34.1. The van der Waals surface area contributed by atoms with E-state index in [0.29, 0.717) is 0 Å². The molecule has 0 saturated carbocycles. The van der Waals surface area contributed by atoms with Gasteiger partial charge in [0.15, 0.2) is 0 Å². The molecule has 0 bridgehead atoms. The summed E-state index contributed by atoms with van der Waals surface area (Å²) in [6.07, 6.45) is 6.54. The highest BCUT2D eigenvalue weighted by Crippen LogP contribution is 2.40. The average molecular weight is 740 g/mol. The number of benzene rings is 8. The molecule has 8 aromatic carbocycles. The van der Waals surface area contributed by atoms with Crippen molar-refractivity contribution in [3.05, 3.63) is 188 Å². The Morgan fingerprint density at radius 2 is 0.789 bits per heavy atom. The van der Waals surface area contributed by atoms with Crippen molar-refractivity contribution in [3.8, 4) is 55.8 Å². The molecule has 0 saturated heterocycles. The van der Waals surface area contributed by atoms with Gasteiger partial charge in [0.2, 0.25) is 0 Å². The first-order valence-electron chi connectivity index (χ1n) is 20.8. The predicted octanol–water partition coefficient (Wildman–Crippen LogP) is 16.7. The number of aryl methyl sites for hydroxylation is 1. The van der Waals surface area contributed by atoms with Gasteiger partial charge in [-0.3, -0.25) is 4.98 Å². The van der Waals surface area contributed by atoms with Crippen LogP contribution in [0.15, 0.2) is 182 Å². The Bertz CT molecular complexity index is 2640. The Morgan fingerprint density at radius 1 is 0.351 bits per heavy atom. The highest BCUT2D eigenvalue weighted by Gasteiger charge is 2.15. The van der Waals surface area contributed by atoms with Crippen LogP contribution < -0.4 is 0 Å². The number of hydrogen-bond acceptors (Lipinski definition) is 1. The number of hydrogen-bond donors (Lipinski definition) is 0. The van der Waals surface area contributed by atoms with Crippen LogP contribution >= 0.6 is 0 Å². The van der Waals surface area contributed by atoms with E-state index in [1.807, 2.05) is 6.20 Å². The monoisotopic (exact) mass is 739 g/mol. The molecule has 1 heterocycles. The lowest BCUT2D eigenvalue weighted by atomic mass is 9.89. The van der Waals surface area contributed by atoms with Crippen LogP contribution in [0.2, 0.25) is 0 Å². The van der Waals surface area contributed by atoms with E-state index in [4.69, 9.17) is 4.98 Å². The lowest BCUT2D eigenvalue weighted by molar-refractivity contribution is 0.923. The largest absolute Gasteiger partial charge is 0.256 e. The summed E-state index contributed by atoms with van der Waals surface area (Å²) in [5.74, 6) is 0. The van der Waals surface area contributed by atoms with Gasteiger partial charge < -0.3 is 0 Å². The molecule has 1 aromatic heterocycles. The van der Waals surface area contributed by atoms with Crippen LogP contribution in [-0.2, 0) is 6.42 Å². The topological polar surface area (TPSA) is 12.9 Å². The van der Waals surface area contributed by atoms with Gasteiger partial charge in [-0.15, -0.1) is 0 Å². The minimum Gasteiger partial charge on any atom is -0.256 e. The van der Waals surface area contributed by atoms with Crippen LogP contribution in [0.3, 0.4) is 0 Å². The molecule has 0 N–H and O–H groups in total. The first-order valence-corrected chi connectivity index (χ1v) is 20.8. The smallest absolute Gasteiger partial charge is 0.0783 e. The van der Waals surface area contributed by atoms with Crippen molar-refractivity contribution in [1.82, 2.24) is 4.98 Å². The van der Waals surface area contributed by atoms with E-state index in [0.717, 1.165) is 18.5 Å². The molecular weight excluding hydrogens is 687 g/mol. The van der Waals surface area contributed by atoms with E-state index in [2.05, 4.69) is 211 Å². The van der Waals surface area contributed by atoms with E-state index < -0.39 is 0 Å². The number of fused-ring (bicyclic) bond motifs is 3. The van der Waals surface area contributed by atoms with Crippen molar-refractivity contribution in [2.75, 3.05) is 0 Å². The minimum absolute atomic E-state index is 1.01. The van der Waals surface area contributed by atoms with Crippen LogP contribution in [0.5, 0.6) is 0 Å². The van der Waals surface area contributed by atoms with E-state index >= 15 is 0 Å². The van der Waals surface area contributed by atoms with Gasteiger partial charge in [0.25, 0.3) is 0 Å². The second-order valence-corrected chi connectivity index (χ2v) is 14.9. The maximum absolute atomic E-state index is 4.94. The molecule has 0 aliphatic rings. The highest BCUT2D eigenvalue weighted by atomic mass is 14.7. The van der Waals surface area contributed by atoms with Crippen LogP contribution in [-0.4, -0.2) is 4.98 Å². The van der Waals surface area contributed by atoms with Gasteiger partial charge in [-0.2, -0.15) is 0 Å². The fourth-order valence-corrected chi connectivity index (χ4v) is 7.74. The van der Waals surface area contributed by atoms with Gasteiger partial charge in [-0.1, -0.05) is 193 Å². The summed E-state index contributed by atoms with van der Waals surface area (Å²) in [6, 6.07) is 64.4. The number of nitrogens with zero attached hydrogens (tertiary/aromatic N) is 1. The third kappa shape index (κ3) is 8.59. The van der Waals surface area contributed by atoms with E-state index in [1.165, 1.54) is 101 Å². The molecular formula is C56H53N. The molecule has 0 radical (unpaired) electrons. The first-order chi connectivity index (χ1) is 28.1. The maximum atomic E-state index is 4.94. The summed E-state index contributed by atoms with van der Waals surface area (Å²) in [4.78, 5) is 4.94. The molecule has 0 unspecified atom stereocenters. The Labute approximate surface area is 339 Å². The van der Waals surface area contributed by atoms with Gasteiger partial charge in [-0.05, 0) is 120 Å². The normalized spacial score (nSPS) is 10.8. The molecule has 0 atom stereocenters. The van der Waals surface area contributed by atoms with Crippen molar-refractivity contribution < 1.29 is 0 Å². The minimum atomic E-state index is 1.01. The molecule has 57 heavy (non-hydrogen) atoms. The fourth-order valence-electron chi connectivity index (χ4n) is 7.74. The molecule has 9 aromatic rings. The summed E-state index contributed by atoms with van der Waals surface area (Å²) in [6.45, 7) is 10.7. The maximum Gasteiger partial charge on any atom is 0.0783 e. The second kappa shape index (κ2) is 18.5. The van der Waals surface area contributed by atoms with Gasteiger partial charge >= 0.3 is 0 Å². The summed E-state index contributed by atoms with van der Waals surface area (Å²) in [7, 11) is 0. The molecule has 282 valence electrons. The van der Waals surface area contributed by atoms with E-state index in [9.17, 15) is 0 Å².